The first-order valence-corrected chi connectivity index (χ1v) is 5.06. The third-order valence-corrected chi connectivity index (χ3v) is 2.47. The summed E-state index contributed by atoms with van der Waals surface area (Å²) in [5.74, 6) is -1.64. The molecule has 0 heterocycles. The van der Waals surface area contributed by atoms with Crippen molar-refractivity contribution in [1.29, 1.82) is 0 Å². The van der Waals surface area contributed by atoms with Gasteiger partial charge in [-0.05, 0) is 13.3 Å². The van der Waals surface area contributed by atoms with E-state index in [0.29, 0.717) is 6.42 Å². The molecule has 6 heteroatoms. The van der Waals surface area contributed by atoms with Crippen LogP contribution in [0.3, 0.4) is 0 Å². The van der Waals surface area contributed by atoms with E-state index in [4.69, 9.17) is 5.11 Å². The molecule has 0 spiro atoms. The van der Waals surface area contributed by atoms with Gasteiger partial charge < -0.3 is 15.7 Å². The molecule has 0 saturated heterocycles. The van der Waals surface area contributed by atoms with Crippen molar-refractivity contribution in [2.75, 3.05) is 13.1 Å². The number of carbonyl (C=O) groups is 3. The molecule has 92 valence electrons. The van der Waals surface area contributed by atoms with Gasteiger partial charge in [0.15, 0.2) is 0 Å². The molecule has 2 amide bonds. The lowest BCUT2D eigenvalue weighted by atomic mass is 9.88. The van der Waals surface area contributed by atoms with Gasteiger partial charge in [-0.25, -0.2) is 0 Å². The van der Waals surface area contributed by atoms with Crippen LogP contribution < -0.4 is 10.6 Å². The van der Waals surface area contributed by atoms with E-state index in [1.165, 1.54) is 6.92 Å². The predicted octanol–water partition coefficient (Wildman–Crippen LogP) is -0.260. The zero-order valence-corrected chi connectivity index (χ0v) is 9.79. The second-order valence-corrected chi connectivity index (χ2v) is 3.91. The van der Waals surface area contributed by atoms with Gasteiger partial charge in [0, 0.05) is 13.5 Å². The van der Waals surface area contributed by atoms with Gasteiger partial charge in [-0.3, -0.25) is 14.4 Å². The number of amides is 2. The van der Waals surface area contributed by atoms with Gasteiger partial charge in [0.2, 0.25) is 11.8 Å². The molecule has 0 rings (SSSR count). The summed E-state index contributed by atoms with van der Waals surface area (Å²) in [6, 6.07) is 0. The number of carbonyl (C=O) groups excluding carboxylic acids is 2. The van der Waals surface area contributed by atoms with E-state index < -0.39 is 17.3 Å². The Bertz CT molecular complexity index is 291. The summed E-state index contributed by atoms with van der Waals surface area (Å²) in [5.41, 5.74) is -0.966. The summed E-state index contributed by atoms with van der Waals surface area (Å²) in [7, 11) is 0. The minimum Gasteiger partial charge on any atom is -0.481 e. The van der Waals surface area contributed by atoms with Crippen molar-refractivity contribution in [3.63, 3.8) is 0 Å². The van der Waals surface area contributed by atoms with Crippen molar-refractivity contribution < 1.29 is 19.5 Å². The third kappa shape index (κ3) is 4.77. The molecular weight excluding hydrogens is 212 g/mol. The Labute approximate surface area is 94.4 Å². The number of nitrogens with one attached hydrogen (secondary N) is 2. The minimum atomic E-state index is -0.966. The van der Waals surface area contributed by atoms with Crippen LogP contribution in [-0.2, 0) is 14.4 Å². The largest absolute Gasteiger partial charge is 0.481 e. The molecule has 0 aliphatic carbocycles. The highest BCUT2D eigenvalue weighted by Crippen LogP contribution is 2.19. The quantitative estimate of drug-likeness (QED) is 0.585. The SMILES string of the molecule is CCC(C)(CNC(=O)CNC(C)=O)C(=O)O. The maximum absolute atomic E-state index is 11.2. The molecule has 1 unspecified atom stereocenters. The molecule has 1 atom stereocenters. The lowest BCUT2D eigenvalue weighted by Crippen LogP contribution is -2.44. The Kier molecular flexibility index (Phi) is 5.49. The van der Waals surface area contributed by atoms with Gasteiger partial charge in [-0.1, -0.05) is 6.92 Å². The molecule has 6 nitrogen and oxygen atoms in total. The predicted molar refractivity (Wildman–Crippen MR) is 57.7 cm³/mol. The van der Waals surface area contributed by atoms with Crippen LogP contribution in [0, 0.1) is 5.41 Å². The second kappa shape index (κ2) is 6.09. The first kappa shape index (κ1) is 14.4. The van der Waals surface area contributed by atoms with Crippen LogP contribution in [0.15, 0.2) is 0 Å². The fraction of sp³-hybridized carbons (Fsp3) is 0.700. The van der Waals surface area contributed by atoms with Crippen molar-refractivity contribution in [3.8, 4) is 0 Å². The highest BCUT2D eigenvalue weighted by atomic mass is 16.4. The Morgan fingerprint density at radius 1 is 1.25 bits per heavy atom. The van der Waals surface area contributed by atoms with E-state index in [9.17, 15) is 14.4 Å². The van der Waals surface area contributed by atoms with Crippen LogP contribution in [0.25, 0.3) is 0 Å². The van der Waals surface area contributed by atoms with E-state index in [2.05, 4.69) is 10.6 Å². The maximum atomic E-state index is 11.2. The van der Waals surface area contributed by atoms with Gasteiger partial charge in [-0.2, -0.15) is 0 Å². The van der Waals surface area contributed by atoms with E-state index >= 15 is 0 Å². The van der Waals surface area contributed by atoms with Crippen LogP contribution in [0.5, 0.6) is 0 Å². The van der Waals surface area contributed by atoms with Crippen molar-refractivity contribution in [3.05, 3.63) is 0 Å². The van der Waals surface area contributed by atoms with E-state index in [1.54, 1.807) is 13.8 Å². The Balaban J connectivity index is 4.08. The molecule has 0 aromatic carbocycles. The van der Waals surface area contributed by atoms with Crippen molar-refractivity contribution >= 4 is 17.8 Å². The lowest BCUT2D eigenvalue weighted by molar-refractivity contribution is -0.148. The molecule has 0 aromatic rings. The minimum absolute atomic E-state index is 0.0528. The van der Waals surface area contributed by atoms with E-state index in [-0.39, 0.29) is 19.0 Å². The fourth-order valence-electron chi connectivity index (χ4n) is 0.913. The topological polar surface area (TPSA) is 95.5 Å². The third-order valence-electron chi connectivity index (χ3n) is 2.47. The summed E-state index contributed by atoms with van der Waals surface area (Å²) in [5, 5.41) is 13.7. The highest BCUT2D eigenvalue weighted by molar-refractivity contribution is 5.84. The summed E-state index contributed by atoms with van der Waals surface area (Å²) < 4.78 is 0. The maximum Gasteiger partial charge on any atom is 0.311 e. The second-order valence-electron chi connectivity index (χ2n) is 3.91. The number of aliphatic carboxylic acids is 1. The van der Waals surface area contributed by atoms with E-state index in [1.807, 2.05) is 0 Å². The molecule has 0 bridgehead atoms. The molecule has 0 fully saturated rings. The molecular formula is C10H18N2O4. The number of carboxylic acid groups (broad SMARTS) is 1. The van der Waals surface area contributed by atoms with Crippen molar-refractivity contribution in [2.24, 2.45) is 5.41 Å². The molecule has 0 radical (unpaired) electrons. The number of hydrogen-bond acceptors (Lipinski definition) is 3. The van der Waals surface area contributed by atoms with Crippen LogP contribution >= 0.6 is 0 Å². The zero-order chi connectivity index (χ0) is 12.8. The number of carboxylic acids is 1. The molecule has 0 saturated carbocycles. The zero-order valence-electron chi connectivity index (χ0n) is 9.79. The van der Waals surface area contributed by atoms with Gasteiger partial charge >= 0.3 is 5.97 Å². The van der Waals surface area contributed by atoms with Gasteiger partial charge in [-0.15, -0.1) is 0 Å². The molecule has 0 aliphatic rings. The monoisotopic (exact) mass is 230 g/mol. The first-order valence-electron chi connectivity index (χ1n) is 5.06. The van der Waals surface area contributed by atoms with E-state index in [0.717, 1.165) is 0 Å². The van der Waals surface area contributed by atoms with Crippen molar-refractivity contribution in [1.82, 2.24) is 10.6 Å². The Hall–Kier alpha value is -1.59. The van der Waals surface area contributed by atoms with Crippen LogP contribution in [0.1, 0.15) is 27.2 Å². The standard InChI is InChI=1S/C10H18N2O4/c1-4-10(3,9(15)16)6-12-8(14)5-11-7(2)13/h4-6H2,1-3H3,(H,11,13)(H,12,14)(H,15,16). The average molecular weight is 230 g/mol. The first-order chi connectivity index (χ1) is 7.31. The summed E-state index contributed by atoms with van der Waals surface area (Å²) in [6.45, 7) is 4.54. The summed E-state index contributed by atoms with van der Waals surface area (Å²) in [4.78, 5) is 32.7. The molecule has 16 heavy (non-hydrogen) atoms. The van der Waals surface area contributed by atoms with Crippen LogP contribution in [0.2, 0.25) is 0 Å². The highest BCUT2D eigenvalue weighted by Gasteiger charge is 2.31. The lowest BCUT2D eigenvalue weighted by Gasteiger charge is -2.23. The molecule has 0 aromatic heterocycles. The summed E-state index contributed by atoms with van der Waals surface area (Å²) >= 11 is 0. The smallest absolute Gasteiger partial charge is 0.311 e. The Morgan fingerprint density at radius 3 is 2.19 bits per heavy atom. The van der Waals surface area contributed by atoms with Crippen LogP contribution in [0.4, 0.5) is 0 Å². The average Bonchev–Trinajstić information content (AvgIpc) is 2.22. The van der Waals surface area contributed by atoms with Crippen molar-refractivity contribution in [2.45, 2.75) is 27.2 Å². The fourth-order valence-corrected chi connectivity index (χ4v) is 0.913. The molecule has 0 aliphatic heterocycles. The Morgan fingerprint density at radius 2 is 1.81 bits per heavy atom. The van der Waals surface area contributed by atoms with Gasteiger partial charge in [0.25, 0.3) is 0 Å². The van der Waals surface area contributed by atoms with Gasteiger partial charge in [0.1, 0.15) is 0 Å². The summed E-state index contributed by atoms with van der Waals surface area (Å²) in [6.07, 6.45) is 0.419. The number of rotatable bonds is 6. The normalized spacial score (nSPS) is 13.7. The number of hydrogen-bond donors (Lipinski definition) is 3. The van der Waals surface area contributed by atoms with Crippen LogP contribution in [-0.4, -0.2) is 36.0 Å². The van der Waals surface area contributed by atoms with Gasteiger partial charge in [0.05, 0.1) is 12.0 Å². The molecule has 3 N–H and O–H groups in total.